The number of carbonyl (C=O) groups is 1. The van der Waals surface area contributed by atoms with Gasteiger partial charge in [-0.3, -0.25) is 0 Å². The first-order valence-electron chi connectivity index (χ1n) is 6.21. The number of nitrogens with zero attached hydrogens (tertiary/aromatic N) is 2. The van der Waals surface area contributed by atoms with Gasteiger partial charge in [-0.2, -0.15) is 0 Å². The highest BCUT2D eigenvalue weighted by atomic mass is 16.4. The Kier molecular flexibility index (Phi) is 2.91. The number of fused-ring (bicyclic) bond motifs is 1. The molecule has 0 amide bonds. The maximum absolute atomic E-state index is 11.1. The van der Waals surface area contributed by atoms with E-state index in [1.807, 2.05) is 37.3 Å². The summed E-state index contributed by atoms with van der Waals surface area (Å²) in [5.74, 6) is -0.241. The Bertz CT molecular complexity index is 812. The van der Waals surface area contributed by atoms with Crippen molar-refractivity contribution in [2.45, 2.75) is 6.92 Å². The van der Waals surface area contributed by atoms with Gasteiger partial charge in [0.05, 0.1) is 11.3 Å². The van der Waals surface area contributed by atoms with E-state index < -0.39 is 5.97 Å². The SMILES string of the molecule is Cc1nccc(-c2cccc3ccc(C(=O)O)cc23)n1. The lowest BCUT2D eigenvalue weighted by molar-refractivity contribution is 0.0697. The highest BCUT2D eigenvalue weighted by Gasteiger charge is 2.09. The first-order chi connectivity index (χ1) is 9.65. The number of hydrogen-bond acceptors (Lipinski definition) is 3. The predicted molar refractivity (Wildman–Crippen MR) is 76.7 cm³/mol. The van der Waals surface area contributed by atoms with Gasteiger partial charge in [0, 0.05) is 11.8 Å². The van der Waals surface area contributed by atoms with Crippen molar-refractivity contribution in [2.24, 2.45) is 0 Å². The lowest BCUT2D eigenvalue weighted by Crippen LogP contribution is -1.96. The van der Waals surface area contributed by atoms with Gasteiger partial charge in [0.1, 0.15) is 5.82 Å². The van der Waals surface area contributed by atoms with Gasteiger partial charge in [0.25, 0.3) is 0 Å². The number of benzene rings is 2. The van der Waals surface area contributed by atoms with Gasteiger partial charge in [0.2, 0.25) is 0 Å². The number of hydrogen-bond donors (Lipinski definition) is 1. The van der Waals surface area contributed by atoms with E-state index in [-0.39, 0.29) is 5.56 Å². The molecule has 0 aliphatic heterocycles. The topological polar surface area (TPSA) is 63.1 Å². The molecular weight excluding hydrogens is 252 g/mol. The van der Waals surface area contributed by atoms with E-state index in [0.29, 0.717) is 5.82 Å². The summed E-state index contributed by atoms with van der Waals surface area (Å²) in [5, 5.41) is 11.0. The molecule has 3 rings (SSSR count). The van der Waals surface area contributed by atoms with Gasteiger partial charge < -0.3 is 5.11 Å². The van der Waals surface area contributed by atoms with Crippen LogP contribution in [0.5, 0.6) is 0 Å². The molecule has 1 N–H and O–H groups in total. The van der Waals surface area contributed by atoms with E-state index >= 15 is 0 Å². The van der Waals surface area contributed by atoms with Crippen LogP contribution >= 0.6 is 0 Å². The molecule has 0 aliphatic carbocycles. The summed E-state index contributed by atoms with van der Waals surface area (Å²) in [6, 6.07) is 12.8. The molecule has 1 aromatic heterocycles. The second-order valence-corrected chi connectivity index (χ2v) is 4.54. The average Bonchev–Trinajstić information content (AvgIpc) is 2.46. The molecule has 0 unspecified atom stereocenters. The molecule has 3 aromatic rings. The van der Waals surface area contributed by atoms with Crippen LogP contribution in [0.15, 0.2) is 48.7 Å². The molecule has 0 saturated heterocycles. The molecule has 0 aliphatic rings. The minimum Gasteiger partial charge on any atom is -0.478 e. The van der Waals surface area contributed by atoms with Gasteiger partial charge in [-0.25, -0.2) is 14.8 Å². The zero-order valence-corrected chi connectivity index (χ0v) is 10.9. The number of rotatable bonds is 2. The van der Waals surface area contributed by atoms with E-state index in [2.05, 4.69) is 9.97 Å². The summed E-state index contributed by atoms with van der Waals surface area (Å²) < 4.78 is 0. The Morgan fingerprint density at radius 3 is 2.75 bits per heavy atom. The van der Waals surface area contributed by atoms with Crippen molar-refractivity contribution in [1.29, 1.82) is 0 Å². The Balaban J connectivity index is 2.29. The summed E-state index contributed by atoms with van der Waals surface area (Å²) in [5.41, 5.74) is 1.98. The Hall–Kier alpha value is -2.75. The lowest BCUT2D eigenvalue weighted by Gasteiger charge is -2.07. The van der Waals surface area contributed by atoms with Gasteiger partial charge in [-0.1, -0.05) is 24.3 Å². The van der Waals surface area contributed by atoms with Gasteiger partial charge in [-0.05, 0) is 35.9 Å². The molecule has 1 heterocycles. The third-order valence-electron chi connectivity index (χ3n) is 3.18. The van der Waals surface area contributed by atoms with Crippen LogP contribution in [0.1, 0.15) is 16.2 Å². The molecular formula is C16H12N2O2. The van der Waals surface area contributed by atoms with Crippen LogP contribution in [0.3, 0.4) is 0 Å². The smallest absolute Gasteiger partial charge is 0.335 e. The molecule has 4 heteroatoms. The number of aromatic carboxylic acids is 1. The largest absolute Gasteiger partial charge is 0.478 e. The fraction of sp³-hybridized carbons (Fsp3) is 0.0625. The molecule has 2 aromatic carbocycles. The third kappa shape index (κ3) is 2.12. The summed E-state index contributed by atoms with van der Waals surface area (Å²) in [7, 11) is 0. The maximum Gasteiger partial charge on any atom is 0.335 e. The van der Waals surface area contributed by atoms with Crippen molar-refractivity contribution in [1.82, 2.24) is 9.97 Å². The van der Waals surface area contributed by atoms with Crippen LogP contribution < -0.4 is 0 Å². The molecule has 98 valence electrons. The molecule has 20 heavy (non-hydrogen) atoms. The van der Waals surface area contributed by atoms with Crippen molar-refractivity contribution < 1.29 is 9.90 Å². The van der Waals surface area contributed by atoms with Gasteiger partial charge in [-0.15, -0.1) is 0 Å². The van der Waals surface area contributed by atoms with E-state index in [1.165, 1.54) is 0 Å². The molecule has 0 saturated carbocycles. The summed E-state index contributed by atoms with van der Waals surface area (Å²) >= 11 is 0. The second kappa shape index (κ2) is 4.74. The first-order valence-corrected chi connectivity index (χ1v) is 6.21. The molecule has 0 fully saturated rings. The van der Waals surface area contributed by atoms with Crippen molar-refractivity contribution in [3.8, 4) is 11.3 Å². The minimum absolute atomic E-state index is 0.274. The second-order valence-electron chi connectivity index (χ2n) is 4.54. The third-order valence-corrected chi connectivity index (χ3v) is 3.18. The molecule has 0 bridgehead atoms. The van der Waals surface area contributed by atoms with E-state index in [4.69, 9.17) is 5.11 Å². The van der Waals surface area contributed by atoms with E-state index in [9.17, 15) is 4.79 Å². The zero-order chi connectivity index (χ0) is 14.1. The maximum atomic E-state index is 11.1. The van der Waals surface area contributed by atoms with Crippen molar-refractivity contribution in [3.05, 3.63) is 60.0 Å². The molecule has 4 nitrogen and oxygen atoms in total. The standard InChI is InChI=1S/C16H12N2O2/c1-10-17-8-7-15(18-10)13-4-2-3-11-5-6-12(16(19)20)9-14(11)13/h2-9H,1H3,(H,19,20). The van der Waals surface area contributed by atoms with Gasteiger partial charge in [0.15, 0.2) is 0 Å². The number of carboxylic acids is 1. The quantitative estimate of drug-likeness (QED) is 0.771. The fourth-order valence-electron chi connectivity index (χ4n) is 2.24. The highest BCUT2D eigenvalue weighted by Crippen LogP contribution is 2.28. The molecule has 0 radical (unpaired) electrons. The van der Waals surface area contributed by atoms with Crippen LogP contribution in [0.25, 0.3) is 22.0 Å². The predicted octanol–water partition coefficient (Wildman–Crippen LogP) is 3.30. The number of carboxylic acid groups (broad SMARTS) is 1. The lowest BCUT2D eigenvalue weighted by atomic mass is 10.00. The number of aromatic nitrogens is 2. The Labute approximate surface area is 115 Å². The monoisotopic (exact) mass is 264 g/mol. The van der Waals surface area contributed by atoms with Crippen LogP contribution in [0.2, 0.25) is 0 Å². The highest BCUT2D eigenvalue weighted by molar-refractivity contribution is 6.00. The van der Waals surface area contributed by atoms with Crippen molar-refractivity contribution in [3.63, 3.8) is 0 Å². The Morgan fingerprint density at radius 1 is 1.15 bits per heavy atom. The molecule has 0 spiro atoms. The summed E-state index contributed by atoms with van der Waals surface area (Å²) in [6.45, 7) is 1.83. The Morgan fingerprint density at radius 2 is 2.00 bits per heavy atom. The van der Waals surface area contributed by atoms with Crippen LogP contribution in [0.4, 0.5) is 0 Å². The minimum atomic E-state index is -0.930. The van der Waals surface area contributed by atoms with Crippen LogP contribution in [0, 0.1) is 6.92 Å². The number of aryl methyl sites for hydroxylation is 1. The van der Waals surface area contributed by atoms with Gasteiger partial charge >= 0.3 is 5.97 Å². The van der Waals surface area contributed by atoms with E-state index in [1.54, 1.807) is 18.3 Å². The summed E-state index contributed by atoms with van der Waals surface area (Å²) in [4.78, 5) is 19.6. The first kappa shape index (κ1) is 12.3. The fourth-order valence-corrected chi connectivity index (χ4v) is 2.24. The normalized spacial score (nSPS) is 10.7. The summed E-state index contributed by atoms with van der Waals surface area (Å²) in [6.07, 6.45) is 1.71. The van der Waals surface area contributed by atoms with Crippen LogP contribution in [-0.4, -0.2) is 21.0 Å². The average molecular weight is 264 g/mol. The van der Waals surface area contributed by atoms with E-state index in [0.717, 1.165) is 22.0 Å². The van der Waals surface area contributed by atoms with Crippen LogP contribution in [-0.2, 0) is 0 Å². The van der Waals surface area contributed by atoms with Crippen molar-refractivity contribution in [2.75, 3.05) is 0 Å². The zero-order valence-electron chi connectivity index (χ0n) is 10.9. The van der Waals surface area contributed by atoms with Crippen molar-refractivity contribution >= 4 is 16.7 Å². The molecule has 0 atom stereocenters.